The van der Waals surface area contributed by atoms with E-state index in [1.54, 1.807) is 39.2 Å². The molecule has 0 saturated carbocycles. The number of ether oxygens (including phenoxy) is 2. The zero-order chi connectivity index (χ0) is 22.8. The second-order valence-corrected chi connectivity index (χ2v) is 8.14. The number of allylic oxidation sites excluding steroid dienone is 1. The number of benzene rings is 2. The molecule has 1 aliphatic heterocycles. The third kappa shape index (κ3) is 4.01. The molecule has 32 heavy (non-hydrogen) atoms. The number of carbonyl (C=O) groups excluding carboxylic acids is 1. The van der Waals surface area contributed by atoms with Crippen molar-refractivity contribution in [3.8, 4) is 5.75 Å². The standard InChI is InChI=1S/C24H21FN2O4S/c1-4-31-23(29)20-14(2)26-24-27(21(20)16-8-10-17(25)11-9-16)22(28)19(32-24)13-15-6-5-7-18(12-15)30-3/h5-13,21H,4H2,1-3H3/b19-13-. The van der Waals surface area contributed by atoms with Crippen molar-refractivity contribution in [2.75, 3.05) is 13.7 Å². The van der Waals surface area contributed by atoms with Gasteiger partial charge in [0.1, 0.15) is 11.6 Å². The summed E-state index contributed by atoms with van der Waals surface area (Å²) in [5.74, 6) is -0.279. The Bertz CT molecular complexity index is 1390. The summed E-state index contributed by atoms with van der Waals surface area (Å²) in [6, 6.07) is 12.3. The van der Waals surface area contributed by atoms with Crippen molar-refractivity contribution in [3.63, 3.8) is 0 Å². The van der Waals surface area contributed by atoms with Gasteiger partial charge in [-0.1, -0.05) is 35.6 Å². The number of fused-ring (bicyclic) bond motifs is 1. The van der Waals surface area contributed by atoms with Crippen LogP contribution in [0.2, 0.25) is 0 Å². The molecule has 0 amide bonds. The molecule has 2 aromatic carbocycles. The number of halogens is 1. The minimum absolute atomic E-state index is 0.187. The summed E-state index contributed by atoms with van der Waals surface area (Å²) in [6.07, 6.45) is 1.76. The summed E-state index contributed by atoms with van der Waals surface area (Å²) in [5.41, 5.74) is 1.83. The van der Waals surface area contributed by atoms with Gasteiger partial charge in [0, 0.05) is 0 Å². The van der Waals surface area contributed by atoms with Crippen LogP contribution in [0.3, 0.4) is 0 Å². The van der Waals surface area contributed by atoms with Crippen LogP contribution in [0.15, 0.2) is 69.6 Å². The number of hydrogen-bond acceptors (Lipinski definition) is 6. The lowest BCUT2D eigenvalue weighted by Crippen LogP contribution is -2.39. The molecular weight excluding hydrogens is 431 g/mol. The van der Waals surface area contributed by atoms with Crippen molar-refractivity contribution in [1.29, 1.82) is 0 Å². The van der Waals surface area contributed by atoms with E-state index in [9.17, 15) is 14.0 Å². The lowest BCUT2D eigenvalue weighted by Gasteiger charge is -2.24. The summed E-state index contributed by atoms with van der Waals surface area (Å²) in [4.78, 5) is 31.2. The van der Waals surface area contributed by atoms with Crippen molar-refractivity contribution >= 4 is 23.4 Å². The largest absolute Gasteiger partial charge is 0.497 e. The molecule has 8 heteroatoms. The molecule has 0 bridgehead atoms. The monoisotopic (exact) mass is 452 g/mol. The van der Waals surface area contributed by atoms with Crippen molar-refractivity contribution in [1.82, 2.24) is 4.57 Å². The number of aromatic nitrogens is 1. The number of thiazole rings is 1. The van der Waals surface area contributed by atoms with E-state index in [1.807, 2.05) is 24.3 Å². The minimum Gasteiger partial charge on any atom is -0.497 e. The van der Waals surface area contributed by atoms with Gasteiger partial charge in [-0.2, -0.15) is 0 Å². The average Bonchev–Trinajstić information content (AvgIpc) is 3.08. The van der Waals surface area contributed by atoms with Gasteiger partial charge in [-0.05, 0) is 55.3 Å². The molecular formula is C24H21FN2O4S. The second kappa shape index (κ2) is 8.92. The van der Waals surface area contributed by atoms with E-state index in [1.165, 1.54) is 28.0 Å². The predicted octanol–water partition coefficient (Wildman–Crippen LogP) is 2.95. The van der Waals surface area contributed by atoms with Gasteiger partial charge in [0.05, 0.1) is 35.6 Å². The summed E-state index contributed by atoms with van der Waals surface area (Å²) in [6.45, 7) is 3.61. The van der Waals surface area contributed by atoms with Crippen LogP contribution in [-0.2, 0) is 9.53 Å². The first-order valence-electron chi connectivity index (χ1n) is 10.0. The highest BCUT2D eigenvalue weighted by atomic mass is 32.1. The smallest absolute Gasteiger partial charge is 0.338 e. The van der Waals surface area contributed by atoms with E-state index < -0.39 is 17.8 Å². The number of rotatable bonds is 5. The van der Waals surface area contributed by atoms with Crippen molar-refractivity contribution in [2.45, 2.75) is 19.9 Å². The van der Waals surface area contributed by atoms with Crippen LogP contribution in [0.1, 0.15) is 31.0 Å². The molecule has 164 valence electrons. The Morgan fingerprint density at radius 3 is 2.69 bits per heavy atom. The van der Waals surface area contributed by atoms with Crippen molar-refractivity contribution in [2.24, 2.45) is 4.99 Å². The highest BCUT2D eigenvalue weighted by molar-refractivity contribution is 7.07. The summed E-state index contributed by atoms with van der Waals surface area (Å²) >= 11 is 1.23. The lowest BCUT2D eigenvalue weighted by molar-refractivity contribution is -0.139. The maximum absolute atomic E-state index is 13.6. The van der Waals surface area contributed by atoms with E-state index >= 15 is 0 Å². The van der Waals surface area contributed by atoms with Crippen molar-refractivity contribution < 1.29 is 18.7 Å². The Morgan fingerprint density at radius 1 is 1.25 bits per heavy atom. The van der Waals surface area contributed by atoms with Gasteiger partial charge >= 0.3 is 5.97 Å². The number of methoxy groups -OCH3 is 1. The van der Waals surface area contributed by atoms with Crippen LogP contribution >= 0.6 is 11.3 Å². The maximum atomic E-state index is 13.6. The predicted molar refractivity (Wildman–Crippen MR) is 120 cm³/mol. The first kappa shape index (κ1) is 21.7. The molecule has 2 heterocycles. The first-order chi connectivity index (χ1) is 15.4. The van der Waals surface area contributed by atoms with Crippen LogP contribution in [0.4, 0.5) is 4.39 Å². The Balaban J connectivity index is 1.94. The number of esters is 1. The average molecular weight is 453 g/mol. The number of carbonyl (C=O) groups is 1. The molecule has 1 atom stereocenters. The minimum atomic E-state index is -0.765. The van der Waals surface area contributed by atoms with Crippen LogP contribution in [-0.4, -0.2) is 24.3 Å². The molecule has 3 aromatic rings. The van der Waals surface area contributed by atoms with E-state index in [0.717, 1.165) is 5.56 Å². The van der Waals surface area contributed by atoms with E-state index in [0.29, 0.717) is 26.3 Å². The summed E-state index contributed by atoms with van der Waals surface area (Å²) < 4.78 is 26.0. The molecule has 0 spiro atoms. The van der Waals surface area contributed by atoms with Crippen LogP contribution in [0.25, 0.3) is 6.08 Å². The normalized spacial score (nSPS) is 15.9. The number of nitrogens with zero attached hydrogens (tertiary/aromatic N) is 2. The van der Waals surface area contributed by atoms with Gasteiger partial charge in [-0.15, -0.1) is 0 Å². The van der Waals surface area contributed by atoms with Crippen LogP contribution in [0, 0.1) is 5.82 Å². The summed E-state index contributed by atoms with van der Waals surface area (Å²) in [7, 11) is 1.58. The SMILES string of the molecule is CCOC(=O)C1=C(C)N=c2s/c(=C\c3cccc(OC)c3)c(=O)n2C1c1ccc(F)cc1. The maximum Gasteiger partial charge on any atom is 0.338 e. The highest BCUT2D eigenvalue weighted by Crippen LogP contribution is 2.30. The quantitative estimate of drug-likeness (QED) is 0.558. The fourth-order valence-electron chi connectivity index (χ4n) is 3.63. The topological polar surface area (TPSA) is 69.9 Å². The lowest BCUT2D eigenvalue weighted by atomic mass is 9.96. The molecule has 4 rings (SSSR count). The third-order valence-electron chi connectivity index (χ3n) is 5.09. The summed E-state index contributed by atoms with van der Waals surface area (Å²) in [5, 5.41) is 0. The van der Waals surface area contributed by atoms with E-state index in [4.69, 9.17) is 9.47 Å². The van der Waals surface area contributed by atoms with Gasteiger partial charge in [0.2, 0.25) is 0 Å². The second-order valence-electron chi connectivity index (χ2n) is 7.13. The van der Waals surface area contributed by atoms with Crippen molar-refractivity contribution in [3.05, 3.63) is 96.4 Å². The van der Waals surface area contributed by atoms with E-state index in [-0.39, 0.29) is 17.7 Å². The first-order valence-corrected chi connectivity index (χ1v) is 10.8. The fourth-order valence-corrected chi connectivity index (χ4v) is 4.68. The van der Waals surface area contributed by atoms with Gasteiger partial charge in [0.15, 0.2) is 4.80 Å². The molecule has 1 unspecified atom stereocenters. The zero-order valence-corrected chi connectivity index (χ0v) is 18.6. The third-order valence-corrected chi connectivity index (χ3v) is 6.08. The Hall–Kier alpha value is -3.52. The molecule has 0 aliphatic carbocycles. The Kier molecular flexibility index (Phi) is 6.05. The molecule has 0 fully saturated rings. The molecule has 0 saturated heterocycles. The highest BCUT2D eigenvalue weighted by Gasteiger charge is 2.33. The molecule has 0 radical (unpaired) electrons. The molecule has 6 nitrogen and oxygen atoms in total. The zero-order valence-electron chi connectivity index (χ0n) is 17.8. The Morgan fingerprint density at radius 2 is 2.00 bits per heavy atom. The van der Waals surface area contributed by atoms with E-state index in [2.05, 4.69) is 4.99 Å². The molecule has 1 aliphatic rings. The fraction of sp³-hybridized carbons (Fsp3) is 0.208. The van der Waals surface area contributed by atoms with Gasteiger partial charge in [-0.3, -0.25) is 9.36 Å². The van der Waals surface area contributed by atoms with Gasteiger partial charge < -0.3 is 9.47 Å². The van der Waals surface area contributed by atoms with Crippen LogP contribution in [0.5, 0.6) is 5.75 Å². The molecule has 1 aromatic heterocycles. The van der Waals surface area contributed by atoms with Crippen LogP contribution < -0.4 is 19.6 Å². The van der Waals surface area contributed by atoms with Gasteiger partial charge in [-0.25, -0.2) is 14.2 Å². The Labute approximate surface area is 187 Å². The van der Waals surface area contributed by atoms with Gasteiger partial charge in [0.25, 0.3) is 5.56 Å². The molecule has 0 N–H and O–H groups in total. The number of hydrogen-bond donors (Lipinski definition) is 0.